The summed E-state index contributed by atoms with van der Waals surface area (Å²) in [6, 6.07) is 16.6. The SMILES string of the molecule is COc1ccc(C(=O)NCCC2CCC(C(c3ccccc3)N(C)C)CC2)c(OC)c1. The van der Waals surface area contributed by atoms with Crippen LogP contribution in [0.2, 0.25) is 0 Å². The van der Waals surface area contributed by atoms with Crippen molar-refractivity contribution in [2.24, 2.45) is 11.8 Å². The fraction of sp³-hybridized carbons (Fsp3) is 0.500. The molecule has 0 radical (unpaired) electrons. The van der Waals surface area contributed by atoms with Gasteiger partial charge >= 0.3 is 0 Å². The molecule has 2 aromatic carbocycles. The first-order valence-corrected chi connectivity index (χ1v) is 11.2. The van der Waals surface area contributed by atoms with Crippen LogP contribution in [0, 0.1) is 11.8 Å². The number of carbonyl (C=O) groups excluding carboxylic acids is 1. The van der Waals surface area contributed by atoms with Gasteiger partial charge in [0.1, 0.15) is 11.5 Å². The molecule has 0 bridgehead atoms. The van der Waals surface area contributed by atoms with Gasteiger partial charge in [0, 0.05) is 18.7 Å². The average Bonchev–Trinajstić information content (AvgIpc) is 2.80. The molecule has 5 nitrogen and oxygen atoms in total. The van der Waals surface area contributed by atoms with Crippen LogP contribution >= 0.6 is 0 Å². The molecule has 0 aliphatic heterocycles. The average molecular weight is 425 g/mol. The van der Waals surface area contributed by atoms with Crippen molar-refractivity contribution < 1.29 is 14.3 Å². The minimum atomic E-state index is -0.0926. The van der Waals surface area contributed by atoms with Crippen LogP contribution in [0.5, 0.6) is 11.5 Å². The second-order valence-electron chi connectivity index (χ2n) is 8.71. The molecule has 1 aliphatic carbocycles. The lowest BCUT2D eigenvalue weighted by atomic mass is 9.75. The maximum atomic E-state index is 12.6. The van der Waals surface area contributed by atoms with E-state index in [2.05, 4.69) is 54.6 Å². The highest BCUT2D eigenvalue weighted by Crippen LogP contribution is 2.40. The van der Waals surface area contributed by atoms with Crippen molar-refractivity contribution in [1.82, 2.24) is 10.2 Å². The van der Waals surface area contributed by atoms with Gasteiger partial charge in [-0.15, -0.1) is 0 Å². The second kappa shape index (κ2) is 11.2. The molecule has 1 fully saturated rings. The Kier molecular flexibility index (Phi) is 8.35. The molecule has 31 heavy (non-hydrogen) atoms. The Balaban J connectivity index is 1.48. The van der Waals surface area contributed by atoms with E-state index in [4.69, 9.17) is 9.47 Å². The molecule has 5 heteroatoms. The van der Waals surface area contributed by atoms with Gasteiger partial charge in [-0.2, -0.15) is 0 Å². The maximum absolute atomic E-state index is 12.6. The fourth-order valence-corrected chi connectivity index (χ4v) is 4.91. The summed E-state index contributed by atoms with van der Waals surface area (Å²) in [6.45, 7) is 0.694. The first-order valence-electron chi connectivity index (χ1n) is 11.2. The van der Waals surface area contributed by atoms with Gasteiger partial charge in [-0.25, -0.2) is 0 Å². The van der Waals surface area contributed by atoms with Gasteiger partial charge in [0.05, 0.1) is 19.8 Å². The first-order chi connectivity index (χ1) is 15.0. The third-order valence-corrected chi connectivity index (χ3v) is 6.53. The summed E-state index contributed by atoms with van der Waals surface area (Å²) < 4.78 is 10.6. The number of amides is 1. The minimum Gasteiger partial charge on any atom is -0.497 e. The summed E-state index contributed by atoms with van der Waals surface area (Å²) in [6.07, 6.45) is 5.95. The van der Waals surface area contributed by atoms with Crippen molar-refractivity contribution in [2.75, 3.05) is 34.9 Å². The van der Waals surface area contributed by atoms with Gasteiger partial charge in [-0.1, -0.05) is 43.2 Å². The summed E-state index contributed by atoms with van der Waals surface area (Å²) in [4.78, 5) is 15.0. The lowest BCUT2D eigenvalue weighted by molar-refractivity contribution is 0.0944. The van der Waals surface area contributed by atoms with E-state index >= 15 is 0 Å². The highest BCUT2D eigenvalue weighted by molar-refractivity contribution is 5.97. The first kappa shape index (κ1) is 23.1. The van der Waals surface area contributed by atoms with Gasteiger partial charge in [0.2, 0.25) is 0 Å². The molecule has 2 aromatic rings. The zero-order valence-corrected chi connectivity index (χ0v) is 19.3. The number of hydrogen-bond donors (Lipinski definition) is 1. The Bertz CT molecular complexity index is 830. The summed E-state index contributed by atoms with van der Waals surface area (Å²) in [5.41, 5.74) is 1.96. The van der Waals surface area contributed by atoms with E-state index in [-0.39, 0.29) is 5.91 Å². The van der Waals surface area contributed by atoms with Crippen molar-refractivity contribution in [1.29, 1.82) is 0 Å². The molecule has 3 rings (SSSR count). The lowest BCUT2D eigenvalue weighted by Gasteiger charge is -2.37. The van der Waals surface area contributed by atoms with Crippen molar-refractivity contribution in [2.45, 2.75) is 38.1 Å². The van der Waals surface area contributed by atoms with E-state index in [1.165, 1.54) is 31.2 Å². The predicted molar refractivity (Wildman–Crippen MR) is 125 cm³/mol. The molecule has 0 spiro atoms. The number of hydrogen-bond acceptors (Lipinski definition) is 4. The number of nitrogens with zero attached hydrogens (tertiary/aromatic N) is 1. The van der Waals surface area contributed by atoms with Gasteiger partial charge in [0.25, 0.3) is 5.91 Å². The van der Waals surface area contributed by atoms with Crippen LogP contribution in [-0.2, 0) is 0 Å². The van der Waals surface area contributed by atoms with Crippen molar-refractivity contribution in [3.8, 4) is 11.5 Å². The molecule has 0 saturated heterocycles. The number of rotatable bonds is 9. The third-order valence-electron chi connectivity index (χ3n) is 6.53. The minimum absolute atomic E-state index is 0.0926. The van der Waals surface area contributed by atoms with Crippen LogP contribution in [-0.4, -0.2) is 45.7 Å². The second-order valence-corrected chi connectivity index (χ2v) is 8.71. The monoisotopic (exact) mass is 424 g/mol. The highest BCUT2D eigenvalue weighted by atomic mass is 16.5. The van der Waals surface area contributed by atoms with Crippen LogP contribution in [0.1, 0.15) is 54.1 Å². The normalized spacial score (nSPS) is 19.6. The van der Waals surface area contributed by atoms with E-state index < -0.39 is 0 Å². The maximum Gasteiger partial charge on any atom is 0.255 e. The van der Waals surface area contributed by atoms with Crippen molar-refractivity contribution in [3.05, 3.63) is 59.7 Å². The Morgan fingerprint density at radius 1 is 1.03 bits per heavy atom. The fourth-order valence-electron chi connectivity index (χ4n) is 4.91. The van der Waals surface area contributed by atoms with E-state index in [0.29, 0.717) is 41.5 Å². The molecular weight excluding hydrogens is 388 g/mol. The standard InChI is InChI=1S/C26H36N2O3/c1-28(2)25(20-8-6-5-7-9-20)21-12-10-19(11-13-21)16-17-27-26(29)23-15-14-22(30-3)18-24(23)31-4/h5-9,14-15,18-19,21,25H,10-13,16-17H2,1-4H3,(H,27,29). The van der Waals surface area contributed by atoms with Crippen LogP contribution in [0.15, 0.2) is 48.5 Å². The smallest absolute Gasteiger partial charge is 0.255 e. The zero-order chi connectivity index (χ0) is 22.2. The summed E-state index contributed by atoms with van der Waals surface area (Å²) in [5, 5.41) is 3.07. The Morgan fingerprint density at radius 2 is 1.74 bits per heavy atom. The predicted octanol–water partition coefficient (Wildman–Crippen LogP) is 4.93. The Morgan fingerprint density at radius 3 is 2.35 bits per heavy atom. The Hall–Kier alpha value is -2.53. The quantitative estimate of drug-likeness (QED) is 0.620. The van der Waals surface area contributed by atoms with Crippen molar-refractivity contribution in [3.63, 3.8) is 0 Å². The number of carbonyl (C=O) groups is 1. The van der Waals surface area contributed by atoms with Gasteiger partial charge in [-0.05, 0) is 62.9 Å². The molecule has 1 aliphatic rings. The molecule has 0 aromatic heterocycles. The van der Waals surface area contributed by atoms with E-state index in [9.17, 15) is 4.79 Å². The number of nitrogens with one attached hydrogen (secondary N) is 1. The van der Waals surface area contributed by atoms with Gasteiger partial charge < -0.3 is 19.7 Å². The zero-order valence-electron chi connectivity index (χ0n) is 19.3. The highest BCUT2D eigenvalue weighted by Gasteiger charge is 2.29. The van der Waals surface area contributed by atoms with Crippen LogP contribution < -0.4 is 14.8 Å². The van der Waals surface area contributed by atoms with Crippen molar-refractivity contribution >= 4 is 5.91 Å². The van der Waals surface area contributed by atoms with Crippen LogP contribution in [0.3, 0.4) is 0 Å². The van der Waals surface area contributed by atoms with E-state index in [0.717, 1.165) is 6.42 Å². The molecule has 0 heterocycles. The lowest BCUT2D eigenvalue weighted by Crippen LogP contribution is -2.31. The summed E-state index contributed by atoms with van der Waals surface area (Å²) in [5.74, 6) is 2.48. The molecule has 1 unspecified atom stereocenters. The third kappa shape index (κ3) is 6.01. The molecule has 1 atom stereocenters. The molecule has 1 N–H and O–H groups in total. The molecular formula is C26H36N2O3. The Labute approximate surface area is 186 Å². The topological polar surface area (TPSA) is 50.8 Å². The van der Waals surface area contributed by atoms with E-state index in [1.54, 1.807) is 32.4 Å². The van der Waals surface area contributed by atoms with Gasteiger partial charge in [0.15, 0.2) is 0 Å². The largest absolute Gasteiger partial charge is 0.497 e. The summed E-state index contributed by atoms with van der Waals surface area (Å²) >= 11 is 0. The van der Waals surface area contributed by atoms with E-state index in [1.807, 2.05) is 0 Å². The summed E-state index contributed by atoms with van der Waals surface area (Å²) in [7, 11) is 7.55. The van der Waals surface area contributed by atoms with Gasteiger partial charge in [-0.3, -0.25) is 4.79 Å². The molecule has 168 valence electrons. The molecule has 1 amide bonds. The number of methoxy groups -OCH3 is 2. The molecule has 1 saturated carbocycles. The van der Waals surface area contributed by atoms with Crippen LogP contribution in [0.25, 0.3) is 0 Å². The number of benzene rings is 2. The number of ether oxygens (including phenoxy) is 2. The van der Waals surface area contributed by atoms with Crippen LogP contribution in [0.4, 0.5) is 0 Å².